The van der Waals surface area contributed by atoms with Gasteiger partial charge in [0, 0.05) is 11.8 Å². The lowest BCUT2D eigenvalue weighted by atomic mass is 9.92. The number of nitrogens with one attached hydrogen (secondary N) is 1. The van der Waals surface area contributed by atoms with Crippen LogP contribution in [0, 0.1) is 0 Å². The van der Waals surface area contributed by atoms with Gasteiger partial charge in [-0.1, -0.05) is 52.0 Å². The minimum absolute atomic E-state index is 0.0588. The number of carbonyl (C=O) groups excluding carboxylic acids is 1. The van der Waals surface area contributed by atoms with Gasteiger partial charge < -0.3 is 14.8 Å². The van der Waals surface area contributed by atoms with Crippen LogP contribution < -0.4 is 14.8 Å². The summed E-state index contributed by atoms with van der Waals surface area (Å²) in [6, 6.07) is 10.5. The van der Waals surface area contributed by atoms with E-state index in [-0.39, 0.29) is 29.2 Å². The van der Waals surface area contributed by atoms with Gasteiger partial charge in [0.1, 0.15) is 0 Å². The van der Waals surface area contributed by atoms with E-state index in [9.17, 15) is 13.6 Å². The van der Waals surface area contributed by atoms with Crippen LogP contribution in [-0.2, 0) is 4.79 Å². The Morgan fingerprint density at radius 2 is 1.62 bits per heavy atom. The second kappa shape index (κ2) is 10.0. The number of alkyl halides is 2. The quantitative estimate of drug-likeness (QED) is 0.534. The molecule has 1 N–H and O–H groups in total. The van der Waals surface area contributed by atoms with Crippen LogP contribution in [0.5, 0.6) is 11.5 Å². The Morgan fingerprint density at radius 1 is 1.00 bits per heavy atom. The van der Waals surface area contributed by atoms with E-state index in [1.54, 1.807) is 12.1 Å². The van der Waals surface area contributed by atoms with E-state index in [0.717, 1.165) is 16.8 Å². The maximum absolute atomic E-state index is 12.5. The normalized spacial score (nSPS) is 11.5. The number of benzene rings is 2. The molecule has 2 aromatic carbocycles. The fourth-order valence-electron chi connectivity index (χ4n) is 3.01. The molecule has 0 aromatic heterocycles. The molecule has 0 atom stereocenters. The van der Waals surface area contributed by atoms with Gasteiger partial charge in [0.15, 0.2) is 11.5 Å². The second-order valence-corrected chi connectivity index (χ2v) is 7.23. The fraction of sp³-hybridized carbons (Fsp3) is 0.348. The van der Waals surface area contributed by atoms with E-state index in [1.807, 2.05) is 18.2 Å². The average Bonchev–Trinajstić information content (AvgIpc) is 2.66. The summed E-state index contributed by atoms with van der Waals surface area (Å²) in [6.45, 7) is 5.40. The zero-order valence-corrected chi connectivity index (χ0v) is 17.3. The van der Waals surface area contributed by atoms with Crippen LogP contribution in [0.2, 0.25) is 0 Å². The van der Waals surface area contributed by atoms with Crippen LogP contribution in [0.25, 0.3) is 6.08 Å². The number of para-hydroxylation sites is 1. The van der Waals surface area contributed by atoms with E-state index in [1.165, 1.54) is 25.3 Å². The molecule has 29 heavy (non-hydrogen) atoms. The number of methoxy groups -OCH3 is 1. The van der Waals surface area contributed by atoms with Crippen molar-refractivity contribution in [2.45, 2.75) is 46.1 Å². The van der Waals surface area contributed by atoms with Crippen LogP contribution in [0.1, 0.15) is 56.2 Å². The second-order valence-electron chi connectivity index (χ2n) is 7.23. The largest absolute Gasteiger partial charge is 0.493 e. The zero-order valence-electron chi connectivity index (χ0n) is 17.3. The summed E-state index contributed by atoms with van der Waals surface area (Å²) in [7, 11) is 1.37. The highest BCUT2D eigenvalue weighted by atomic mass is 19.3. The lowest BCUT2D eigenvalue weighted by molar-refractivity contribution is -0.111. The van der Waals surface area contributed by atoms with E-state index < -0.39 is 6.61 Å². The van der Waals surface area contributed by atoms with Crippen molar-refractivity contribution in [2.75, 3.05) is 12.4 Å². The first-order chi connectivity index (χ1) is 13.7. The number of carbonyl (C=O) groups is 1. The molecule has 2 aromatic rings. The molecule has 6 heteroatoms. The average molecular weight is 403 g/mol. The minimum Gasteiger partial charge on any atom is -0.493 e. The molecule has 2 rings (SSSR count). The third kappa shape index (κ3) is 6.04. The molecule has 0 unspecified atom stereocenters. The summed E-state index contributed by atoms with van der Waals surface area (Å²) in [4.78, 5) is 12.5. The van der Waals surface area contributed by atoms with E-state index in [2.05, 4.69) is 37.7 Å². The number of amides is 1. The van der Waals surface area contributed by atoms with Gasteiger partial charge in [-0.3, -0.25) is 4.79 Å². The van der Waals surface area contributed by atoms with Crippen LogP contribution in [0.4, 0.5) is 14.5 Å². The smallest absolute Gasteiger partial charge is 0.387 e. The molecule has 0 radical (unpaired) electrons. The zero-order chi connectivity index (χ0) is 21.6. The Bertz CT molecular complexity index is 850. The maximum atomic E-state index is 12.5. The molecule has 0 spiro atoms. The molecular weight excluding hydrogens is 376 g/mol. The first-order valence-corrected chi connectivity index (χ1v) is 9.47. The molecule has 0 aliphatic heterocycles. The number of hydrogen-bond donors (Lipinski definition) is 1. The third-order valence-corrected chi connectivity index (χ3v) is 4.45. The molecule has 4 nitrogen and oxygen atoms in total. The first kappa shape index (κ1) is 22.4. The van der Waals surface area contributed by atoms with Crippen LogP contribution in [0.3, 0.4) is 0 Å². The van der Waals surface area contributed by atoms with Crippen LogP contribution in [0.15, 0.2) is 42.5 Å². The van der Waals surface area contributed by atoms with Gasteiger partial charge in [0.2, 0.25) is 5.91 Å². The Balaban J connectivity index is 2.23. The van der Waals surface area contributed by atoms with Gasteiger partial charge in [-0.15, -0.1) is 0 Å². The van der Waals surface area contributed by atoms with Gasteiger partial charge in [0.25, 0.3) is 0 Å². The number of anilines is 1. The molecule has 0 bridgehead atoms. The van der Waals surface area contributed by atoms with Gasteiger partial charge in [0.05, 0.1) is 7.11 Å². The van der Waals surface area contributed by atoms with Crippen LogP contribution in [-0.4, -0.2) is 19.6 Å². The van der Waals surface area contributed by atoms with Crippen molar-refractivity contribution in [3.05, 3.63) is 59.2 Å². The third-order valence-electron chi connectivity index (χ3n) is 4.45. The molecule has 0 heterocycles. The van der Waals surface area contributed by atoms with Crippen LogP contribution >= 0.6 is 0 Å². The molecule has 1 amide bonds. The Labute approximate surface area is 170 Å². The molecule has 0 saturated heterocycles. The highest BCUT2D eigenvalue weighted by Gasteiger charge is 2.15. The molecule has 0 fully saturated rings. The Morgan fingerprint density at radius 3 is 2.14 bits per heavy atom. The van der Waals surface area contributed by atoms with Gasteiger partial charge in [-0.05, 0) is 46.7 Å². The van der Waals surface area contributed by atoms with Crippen molar-refractivity contribution in [2.24, 2.45) is 0 Å². The highest BCUT2D eigenvalue weighted by molar-refractivity contribution is 6.03. The van der Waals surface area contributed by atoms with E-state index >= 15 is 0 Å². The standard InChI is InChI=1S/C23H27F2NO3/c1-14(2)17-7-6-8-18(15(3)4)22(17)26-21(27)12-10-16-9-11-19(29-23(24)25)20(13-16)28-5/h6-15,23H,1-5H3,(H,26,27)/b12-10+. The molecular formula is C23H27F2NO3. The SMILES string of the molecule is COc1cc(/C=C/C(=O)Nc2c(C(C)C)cccc2C(C)C)ccc1OC(F)F. The van der Waals surface area contributed by atoms with Crippen molar-refractivity contribution in [1.82, 2.24) is 0 Å². The van der Waals surface area contributed by atoms with Crippen molar-refractivity contribution in [3.8, 4) is 11.5 Å². The monoisotopic (exact) mass is 403 g/mol. The summed E-state index contributed by atoms with van der Waals surface area (Å²) in [5, 5.41) is 3.00. The lowest BCUT2D eigenvalue weighted by Gasteiger charge is -2.19. The summed E-state index contributed by atoms with van der Waals surface area (Å²) in [5.41, 5.74) is 3.62. The first-order valence-electron chi connectivity index (χ1n) is 9.47. The van der Waals surface area contributed by atoms with Gasteiger partial charge in [-0.25, -0.2) is 0 Å². The minimum atomic E-state index is -2.94. The topological polar surface area (TPSA) is 47.6 Å². The number of ether oxygens (including phenoxy) is 2. The van der Waals surface area contributed by atoms with Gasteiger partial charge >= 0.3 is 6.61 Å². The molecule has 0 saturated carbocycles. The summed E-state index contributed by atoms with van der Waals surface area (Å²) >= 11 is 0. The van der Waals surface area contributed by atoms with Crippen molar-refractivity contribution in [1.29, 1.82) is 0 Å². The number of hydrogen-bond acceptors (Lipinski definition) is 3. The predicted molar refractivity (Wildman–Crippen MR) is 112 cm³/mol. The Kier molecular flexibility index (Phi) is 7.76. The summed E-state index contributed by atoms with van der Waals surface area (Å²) in [6.07, 6.45) is 3.00. The highest BCUT2D eigenvalue weighted by Crippen LogP contribution is 2.33. The number of rotatable bonds is 8. The maximum Gasteiger partial charge on any atom is 0.387 e. The molecule has 0 aliphatic carbocycles. The van der Waals surface area contributed by atoms with Gasteiger partial charge in [-0.2, -0.15) is 8.78 Å². The fourth-order valence-corrected chi connectivity index (χ4v) is 3.01. The lowest BCUT2D eigenvalue weighted by Crippen LogP contribution is -2.13. The summed E-state index contributed by atoms with van der Waals surface area (Å²) in [5.74, 6) is 0.364. The molecule has 0 aliphatic rings. The van der Waals surface area contributed by atoms with Crippen molar-refractivity contribution >= 4 is 17.7 Å². The van der Waals surface area contributed by atoms with Crippen molar-refractivity contribution in [3.63, 3.8) is 0 Å². The summed E-state index contributed by atoms with van der Waals surface area (Å²) < 4.78 is 34.4. The Hall–Kier alpha value is -2.89. The molecule has 156 valence electrons. The van der Waals surface area contributed by atoms with E-state index in [0.29, 0.717) is 5.56 Å². The van der Waals surface area contributed by atoms with Crippen molar-refractivity contribution < 1.29 is 23.0 Å². The predicted octanol–water partition coefficient (Wildman–Crippen LogP) is 6.20. The van der Waals surface area contributed by atoms with E-state index in [4.69, 9.17) is 4.74 Å². The number of halogens is 2.